The normalized spacial score (nSPS) is 29.1. The van der Waals surface area contributed by atoms with Crippen molar-refractivity contribution in [3.05, 3.63) is 11.9 Å². The first-order valence-corrected chi connectivity index (χ1v) is 3.72. The second-order valence-electron chi connectivity index (χ2n) is 1.44. The molecule has 0 saturated carbocycles. The van der Waals surface area contributed by atoms with Crippen LogP contribution in [0, 0.1) is 0 Å². The van der Waals surface area contributed by atoms with Crippen LogP contribution in [0.5, 0.6) is 0 Å². The Morgan fingerprint density at radius 2 is 2.43 bits per heavy atom. The van der Waals surface area contributed by atoms with E-state index in [1.54, 1.807) is 0 Å². The zero-order chi connectivity index (χ0) is 5.28. The van der Waals surface area contributed by atoms with Crippen LogP contribution in [0.3, 0.4) is 0 Å². The van der Waals surface area contributed by atoms with Gasteiger partial charge in [0.05, 0.1) is 6.16 Å². The van der Waals surface area contributed by atoms with Crippen molar-refractivity contribution in [2.45, 2.75) is 0 Å². The summed E-state index contributed by atoms with van der Waals surface area (Å²) in [6.45, 7) is 0. The summed E-state index contributed by atoms with van der Waals surface area (Å²) in [6, 6.07) is 0. The molecule has 3 heteroatoms. The maximum absolute atomic E-state index is 10.3. The number of carbonyl (C=O) groups excluding carboxylic acids is 1. The minimum atomic E-state index is -1.59. The van der Waals surface area contributed by atoms with Gasteiger partial charge in [-0.1, -0.05) is 0 Å². The maximum Gasteiger partial charge on any atom is 0.163 e. The van der Waals surface area contributed by atoms with Gasteiger partial charge in [-0.25, -0.2) is 0 Å². The predicted molar refractivity (Wildman–Crippen MR) is 28.0 cm³/mol. The Kier molecular flexibility index (Phi) is 1.11. The van der Waals surface area contributed by atoms with Crippen molar-refractivity contribution in [3.63, 3.8) is 0 Å². The molecule has 38 valence electrons. The fourth-order valence-corrected chi connectivity index (χ4v) is 1.43. The average molecular weight is 116 g/mol. The van der Waals surface area contributed by atoms with E-state index in [2.05, 4.69) is 0 Å². The summed E-state index contributed by atoms with van der Waals surface area (Å²) >= 11 is 0. The molecule has 1 atom stereocenters. The van der Waals surface area contributed by atoms with E-state index in [0.717, 1.165) is 0 Å². The Morgan fingerprint density at radius 1 is 1.71 bits per heavy atom. The van der Waals surface area contributed by atoms with Crippen LogP contribution in [0.15, 0.2) is 11.9 Å². The molecule has 0 aromatic heterocycles. The van der Waals surface area contributed by atoms with Crippen LogP contribution in [-0.4, -0.2) is 11.9 Å². The third kappa shape index (κ3) is 1.00. The molecule has 0 N–H and O–H groups in total. The number of allylic oxidation sites excluding steroid dienone is 1. The largest absolute Gasteiger partial charge is 0.322 e. The lowest BCUT2D eigenvalue weighted by Gasteiger charge is -1.74. The van der Waals surface area contributed by atoms with E-state index in [0.29, 0.717) is 0 Å². The van der Waals surface area contributed by atoms with E-state index in [9.17, 15) is 9.36 Å². The van der Waals surface area contributed by atoms with Crippen LogP contribution >= 0.6 is 7.80 Å². The summed E-state index contributed by atoms with van der Waals surface area (Å²) in [7, 11) is -1.59. The molecular weight excluding hydrogens is 111 g/mol. The molecule has 0 saturated heterocycles. The molecule has 1 aliphatic rings. The Bertz CT molecular complexity index is 132. The van der Waals surface area contributed by atoms with Crippen molar-refractivity contribution in [1.29, 1.82) is 0 Å². The molecule has 0 spiro atoms. The van der Waals surface area contributed by atoms with Crippen LogP contribution in [0.2, 0.25) is 0 Å². The highest BCUT2D eigenvalue weighted by atomic mass is 31.1. The van der Waals surface area contributed by atoms with Gasteiger partial charge in [0, 0.05) is 0 Å². The summed E-state index contributed by atoms with van der Waals surface area (Å²) < 4.78 is 10.3. The second-order valence-corrected chi connectivity index (χ2v) is 3.06. The van der Waals surface area contributed by atoms with Gasteiger partial charge in [0.15, 0.2) is 5.78 Å². The molecule has 0 bridgehead atoms. The van der Waals surface area contributed by atoms with Crippen molar-refractivity contribution in [3.8, 4) is 0 Å². The molecule has 7 heavy (non-hydrogen) atoms. The molecule has 1 heterocycles. The molecule has 0 aliphatic carbocycles. The number of hydrogen-bond acceptors (Lipinski definition) is 2. The standard InChI is InChI=1S/C4H5O2P/c5-4-1-2-7(6)3-4/h1-2,7H,3H2. The fraction of sp³-hybridized carbons (Fsp3) is 0.250. The lowest BCUT2D eigenvalue weighted by atomic mass is 10.5. The first-order chi connectivity index (χ1) is 3.29. The van der Waals surface area contributed by atoms with Crippen LogP contribution in [0.25, 0.3) is 0 Å². The maximum atomic E-state index is 10.3. The van der Waals surface area contributed by atoms with Gasteiger partial charge in [-0.2, -0.15) is 0 Å². The minimum Gasteiger partial charge on any atom is -0.322 e. The predicted octanol–water partition coefficient (Wildman–Crippen LogP) is 0.642. The molecule has 1 aliphatic heterocycles. The van der Waals surface area contributed by atoms with E-state index < -0.39 is 7.80 Å². The quantitative estimate of drug-likeness (QED) is 0.435. The Hall–Kier alpha value is -0.360. The van der Waals surface area contributed by atoms with Crippen molar-refractivity contribution in [1.82, 2.24) is 0 Å². The molecule has 0 aromatic rings. The van der Waals surface area contributed by atoms with Gasteiger partial charge in [0.1, 0.15) is 7.80 Å². The van der Waals surface area contributed by atoms with Crippen molar-refractivity contribution >= 4 is 13.6 Å². The number of ketones is 1. The molecule has 0 amide bonds. The minimum absolute atomic E-state index is 0.00360. The van der Waals surface area contributed by atoms with Gasteiger partial charge in [0.25, 0.3) is 0 Å². The van der Waals surface area contributed by atoms with E-state index >= 15 is 0 Å². The Balaban J connectivity index is 2.76. The monoisotopic (exact) mass is 116 g/mol. The van der Waals surface area contributed by atoms with Crippen LogP contribution in [0.4, 0.5) is 0 Å². The van der Waals surface area contributed by atoms with E-state index in [-0.39, 0.29) is 11.9 Å². The smallest absolute Gasteiger partial charge is 0.163 e. The summed E-state index contributed by atoms with van der Waals surface area (Å²) in [5.74, 6) is 1.50. The lowest BCUT2D eigenvalue weighted by Crippen LogP contribution is -1.86. The SMILES string of the molecule is O=C1C=C[PH](=O)C1. The Morgan fingerprint density at radius 3 is 2.57 bits per heavy atom. The number of hydrogen-bond donors (Lipinski definition) is 0. The van der Waals surface area contributed by atoms with Gasteiger partial charge in [-0.3, -0.25) is 4.79 Å². The molecule has 0 fully saturated rings. The third-order valence-corrected chi connectivity index (χ3v) is 2.04. The van der Waals surface area contributed by atoms with Crippen molar-refractivity contribution < 1.29 is 9.36 Å². The molecular formula is C4H5O2P. The van der Waals surface area contributed by atoms with E-state index in [4.69, 9.17) is 0 Å². The van der Waals surface area contributed by atoms with E-state index in [1.165, 1.54) is 11.9 Å². The van der Waals surface area contributed by atoms with Crippen LogP contribution in [0.1, 0.15) is 0 Å². The van der Waals surface area contributed by atoms with Crippen LogP contribution in [-0.2, 0) is 9.36 Å². The second kappa shape index (κ2) is 1.63. The van der Waals surface area contributed by atoms with E-state index in [1.807, 2.05) is 0 Å². The first kappa shape index (κ1) is 4.79. The molecule has 1 rings (SSSR count). The number of rotatable bonds is 0. The third-order valence-electron chi connectivity index (χ3n) is 0.804. The van der Waals surface area contributed by atoms with Gasteiger partial charge in [0.2, 0.25) is 0 Å². The van der Waals surface area contributed by atoms with Crippen molar-refractivity contribution in [2.75, 3.05) is 6.16 Å². The lowest BCUT2D eigenvalue weighted by molar-refractivity contribution is -0.112. The summed E-state index contributed by atoms with van der Waals surface area (Å²) in [6.07, 6.45) is 1.66. The van der Waals surface area contributed by atoms with Crippen molar-refractivity contribution in [2.24, 2.45) is 0 Å². The topological polar surface area (TPSA) is 34.1 Å². The molecule has 0 radical (unpaired) electrons. The molecule has 0 aromatic carbocycles. The highest BCUT2D eigenvalue weighted by Crippen LogP contribution is 2.26. The summed E-state index contributed by atoms with van der Waals surface area (Å²) in [5, 5.41) is 0. The Labute approximate surface area is 42.0 Å². The summed E-state index contributed by atoms with van der Waals surface area (Å²) in [5.41, 5.74) is 0. The van der Waals surface area contributed by atoms with Gasteiger partial charge in [-0.05, 0) is 11.9 Å². The van der Waals surface area contributed by atoms with Crippen LogP contribution < -0.4 is 0 Å². The number of carbonyl (C=O) groups is 1. The molecule has 2 nitrogen and oxygen atoms in total. The van der Waals surface area contributed by atoms with Gasteiger partial charge in [-0.15, -0.1) is 0 Å². The van der Waals surface area contributed by atoms with Gasteiger partial charge < -0.3 is 4.57 Å². The zero-order valence-electron chi connectivity index (χ0n) is 3.68. The molecule has 1 unspecified atom stereocenters. The average Bonchev–Trinajstić information content (AvgIpc) is 1.87. The fourth-order valence-electron chi connectivity index (χ4n) is 0.475. The first-order valence-electron chi connectivity index (χ1n) is 2.03. The van der Waals surface area contributed by atoms with Gasteiger partial charge >= 0.3 is 0 Å². The summed E-state index contributed by atoms with van der Waals surface area (Å²) in [4.78, 5) is 10.2. The zero-order valence-corrected chi connectivity index (χ0v) is 4.68. The highest BCUT2D eigenvalue weighted by molar-refractivity contribution is 7.50. The highest BCUT2D eigenvalue weighted by Gasteiger charge is 2.07.